The van der Waals surface area contributed by atoms with Gasteiger partial charge in [0.15, 0.2) is 5.82 Å². The third-order valence-electron chi connectivity index (χ3n) is 4.12. The van der Waals surface area contributed by atoms with Crippen molar-refractivity contribution in [2.75, 3.05) is 0 Å². The summed E-state index contributed by atoms with van der Waals surface area (Å²) in [6.07, 6.45) is 3.36. The van der Waals surface area contributed by atoms with Crippen LogP contribution in [0, 0.1) is 0 Å². The second-order valence-electron chi connectivity index (χ2n) is 6.19. The van der Waals surface area contributed by atoms with Gasteiger partial charge in [0.1, 0.15) is 6.54 Å². The van der Waals surface area contributed by atoms with E-state index in [1.165, 1.54) is 4.57 Å². The standard InChI is InChI=1S/C17H18Cl2N6O2/c1-10(11-4-5-13(18)14(19)6-11)21-15(26)9-25-17(27)24(3)16(22-25)12-7-20-23(2)8-12/h4-8,10H,9H2,1-3H3,(H,21,26)/t10-/m0/s1. The van der Waals surface area contributed by atoms with Gasteiger partial charge in [-0.1, -0.05) is 29.3 Å². The Labute approximate surface area is 165 Å². The Morgan fingerprint density at radius 3 is 2.63 bits per heavy atom. The van der Waals surface area contributed by atoms with Crippen molar-refractivity contribution in [3.63, 3.8) is 0 Å². The Bertz CT molecular complexity index is 1050. The van der Waals surface area contributed by atoms with Crippen LogP contribution in [-0.4, -0.2) is 30.0 Å². The molecule has 0 fully saturated rings. The van der Waals surface area contributed by atoms with Gasteiger partial charge >= 0.3 is 5.69 Å². The molecule has 1 amide bonds. The van der Waals surface area contributed by atoms with Crippen LogP contribution >= 0.6 is 23.2 Å². The zero-order valence-electron chi connectivity index (χ0n) is 15.0. The molecule has 10 heteroatoms. The topological polar surface area (TPSA) is 86.7 Å². The van der Waals surface area contributed by atoms with E-state index in [9.17, 15) is 9.59 Å². The number of rotatable bonds is 5. The first-order chi connectivity index (χ1) is 12.8. The molecule has 2 aromatic heterocycles. The van der Waals surface area contributed by atoms with Crippen molar-refractivity contribution in [2.45, 2.75) is 19.5 Å². The summed E-state index contributed by atoms with van der Waals surface area (Å²) in [5.74, 6) is 0.102. The average molecular weight is 409 g/mol. The van der Waals surface area contributed by atoms with Crippen molar-refractivity contribution in [1.82, 2.24) is 29.4 Å². The van der Waals surface area contributed by atoms with Crippen LogP contribution in [0.15, 0.2) is 35.4 Å². The molecule has 27 heavy (non-hydrogen) atoms. The molecule has 1 aromatic carbocycles. The number of carbonyl (C=O) groups excluding carboxylic acids is 1. The number of hydrogen-bond donors (Lipinski definition) is 1. The zero-order valence-corrected chi connectivity index (χ0v) is 16.5. The fourth-order valence-corrected chi connectivity index (χ4v) is 2.97. The van der Waals surface area contributed by atoms with Crippen LogP contribution in [0.3, 0.4) is 0 Å². The van der Waals surface area contributed by atoms with Gasteiger partial charge in [-0.25, -0.2) is 9.48 Å². The molecular weight excluding hydrogens is 391 g/mol. The van der Waals surface area contributed by atoms with Gasteiger partial charge in [-0.15, -0.1) is 5.10 Å². The SMILES string of the molecule is C[C@H](NC(=O)Cn1nc(-c2cnn(C)c2)n(C)c1=O)c1ccc(Cl)c(Cl)c1. The number of hydrogen-bond acceptors (Lipinski definition) is 4. The molecule has 1 atom stereocenters. The first kappa shape index (κ1) is 19.2. The summed E-state index contributed by atoms with van der Waals surface area (Å²) in [6, 6.07) is 4.85. The van der Waals surface area contributed by atoms with Crippen LogP contribution < -0.4 is 11.0 Å². The molecule has 2 heterocycles. The van der Waals surface area contributed by atoms with Gasteiger partial charge in [0.25, 0.3) is 0 Å². The lowest BCUT2D eigenvalue weighted by Crippen LogP contribution is -2.34. The summed E-state index contributed by atoms with van der Waals surface area (Å²) in [5, 5.41) is 12.0. The molecule has 0 spiro atoms. The number of aryl methyl sites for hydroxylation is 1. The highest BCUT2D eigenvalue weighted by molar-refractivity contribution is 6.42. The van der Waals surface area contributed by atoms with Crippen molar-refractivity contribution in [2.24, 2.45) is 14.1 Å². The molecule has 0 aliphatic heterocycles. The third-order valence-corrected chi connectivity index (χ3v) is 4.86. The fourth-order valence-electron chi connectivity index (χ4n) is 2.67. The van der Waals surface area contributed by atoms with Gasteiger partial charge in [0.2, 0.25) is 5.91 Å². The third kappa shape index (κ3) is 4.06. The maximum absolute atomic E-state index is 12.4. The summed E-state index contributed by atoms with van der Waals surface area (Å²) in [4.78, 5) is 24.7. The molecule has 0 aliphatic carbocycles. The maximum atomic E-state index is 12.4. The molecular formula is C17H18Cl2N6O2. The van der Waals surface area contributed by atoms with Crippen molar-refractivity contribution < 1.29 is 4.79 Å². The zero-order chi connectivity index (χ0) is 19.7. The summed E-state index contributed by atoms with van der Waals surface area (Å²) < 4.78 is 4.12. The summed E-state index contributed by atoms with van der Waals surface area (Å²) in [7, 11) is 3.38. The summed E-state index contributed by atoms with van der Waals surface area (Å²) in [5.41, 5.74) is 1.12. The Morgan fingerprint density at radius 1 is 1.26 bits per heavy atom. The smallest absolute Gasteiger partial charge is 0.346 e. The van der Waals surface area contributed by atoms with Crippen molar-refractivity contribution in [3.8, 4) is 11.4 Å². The maximum Gasteiger partial charge on any atom is 0.346 e. The largest absolute Gasteiger partial charge is 0.348 e. The first-order valence-electron chi connectivity index (χ1n) is 8.13. The van der Waals surface area contributed by atoms with E-state index in [-0.39, 0.29) is 24.2 Å². The van der Waals surface area contributed by atoms with Crippen molar-refractivity contribution >= 4 is 29.1 Å². The molecule has 0 unspecified atom stereocenters. The Morgan fingerprint density at radius 2 is 2.00 bits per heavy atom. The summed E-state index contributed by atoms with van der Waals surface area (Å²) in [6.45, 7) is 1.62. The second kappa shape index (κ2) is 7.58. The van der Waals surface area contributed by atoms with Crippen LogP contribution in [0.4, 0.5) is 0 Å². The number of carbonyl (C=O) groups is 1. The van der Waals surface area contributed by atoms with E-state index < -0.39 is 0 Å². The minimum Gasteiger partial charge on any atom is -0.348 e. The van der Waals surface area contributed by atoms with Gasteiger partial charge in [-0.2, -0.15) is 5.10 Å². The van der Waals surface area contributed by atoms with Crippen LogP contribution in [0.1, 0.15) is 18.5 Å². The van der Waals surface area contributed by atoms with Crippen LogP contribution in [0.5, 0.6) is 0 Å². The van der Waals surface area contributed by atoms with Gasteiger partial charge in [0.05, 0.1) is 27.8 Å². The predicted molar refractivity (Wildman–Crippen MR) is 103 cm³/mol. The molecule has 0 saturated carbocycles. The molecule has 1 N–H and O–H groups in total. The molecule has 0 aliphatic rings. The van der Waals surface area contributed by atoms with Gasteiger partial charge in [0, 0.05) is 20.3 Å². The van der Waals surface area contributed by atoms with Crippen molar-refractivity contribution in [3.05, 3.63) is 56.7 Å². The number of aromatic nitrogens is 5. The van der Waals surface area contributed by atoms with E-state index in [2.05, 4.69) is 15.5 Å². The van der Waals surface area contributed by atoms with Gasteiger partial charge < -0.3 is 5.32 Å². The van der Waals surface area contributed by atoms with Crippen LogP contribution in [-0.2, 0) is 25.4 Å². The Hall–Kier alpha value is -2.58. The Kier molecular flexibility index (Phi) is 5.38. The van der Waals surface area contributed by atoms with Crippen LogP contribution in [0.2, 0.25) is 10.0 Å². The van der Waals surface area contributed by atoms with E-state index in [0.29, 0.717) is 21.4 Å². The normalized spacial score (nSPS) is 12.2. The number of nitrogens with zero attached hydrogens (tertiary/aromatic N) is 5. The monoisotopic (exact) mass is 408 g/mol. The highest BCUT2D eigenvalue weighted by Gasteiger charge is 2.17. The van der Waals surface area contributed by atoms with E-state index >= 15 is 0 Å². The van der Waals surface area contributed by atoms with E-state index in [1.807, 2.05) is 6.92 Å². The lowest BCUT2D eigenvalue weighted by molar-refractivity contribution is -0.122. The van der Waals surface area contributed by atoms with E-state index in [1.54, 1.807) is 49.4 Å². The molecule has 0 radical (unpaired) electrons. The molecule has 142 valence electrons. The lowest BCUT2D eigenvalue weighted by Gasteiger charge is -2.14. The minimum absolute atomic E-state index is 0.196. The number of amides is 1. The van der Waals surface area contributed by atoms with Crippen molar-refractivity contribution in [1.29, 1.82) is 0 Å². The minimum atomic E-state index is -0.383. The van der Waals surface area contributed by atoms with Gasteiger partial charge in [-0.05, 0) is 24.6 Å². The number of benzene rings is 1. The lowest BCUT2D eigenvalue weighted by atomic mass is 10.1. The summed E-state index contributed by atoms with van der Waals surface area (Å²) >= 11 is 11.9. The molecule has 0 bridgehead atoms. The predicted octanol–water partition coefficient (Wildman–Crippen LogP) is 2.17. The highest BCUT2D eigenvalue weighted by atomic mass is 35.5. The van der Waals surface area contributed by atoms with E-state index in [0.717, 1.165) is 10.2 Å². The van der Waals surface area contributed by atoms with Gasteiger partial charge in [-0.3, -0.25) is 14.0 Å². The molecule has 3 rings (SSSR count). The highest BCUT2D eigenvalue weighted by Crippen LogP contribution is 2.25. The quantitative estimate of drug-likeness (QED) is 0.700. The molecule has 0 saturated heterocycles. The first-order valence-corrected chi connectivity index (χ1v) is 8.89. The number of nitrogens with one attached hydrogen (secondary N) is 1. The second-order valence-corrected chi connectivity index (χ2v) is 7.00. The van der Waals surface area contributed by atoms with Crippen LogP contribution in [0.25, 0.3) is 11.4 Å². The molecule has 3 aromatic rings. The fraction of sp³-hybridized carbons (Fsp3) is 0.294. The number of halogens is 2. The average Bonchev–Trinajstić information content (AvgIpc) is 3.15. The Balaban J connectivity index is 1.74. The van der Waals surface area contributed by atoms with E-state index in [4.69, 9.17) is 23.2 Å². The molecule has 8 nitrogen and oxygen atoms in total.